The van der Waals surface area contributed by atoms with Gasteiger partial charge in [0.05, 0.1) is 12.2 Å². The third-order valence-corrected chi connectivity index (χ3v) is 2.93. The van der Waals surface area contributed by atoms with E-state index in [0.717, 1.165) is 11.3 Å². The molecule has 1 aromatic heterocycles. The number of carboxylic acids is 1. The minimum Gasteiger partial charge on any atom is -0.477 e. The maximum absolute atomic E-state index is 11.2. The standard InChI is InChI=1S/C9H12N2O4S/c1-5(11-7(12)4-15-2)8-10-3-6(16-8)9(13)14/h3,5H,4H2,1-2H3,(H,11,12)(H,13,14). The van der Waals surface area contributed by atoms with Crippen molar-refractivity contribution in [3.05, 3.63) is 16.1 Å². The van der Waals surface area contributed by atoms with Crippen LogP contribution in [0, 0.1) is 0 Å². The Bertz CT molecular complexity index is 391. The van der Waals surface area contributed by atoms with Crippen LogP contribution in [0.2, 0.25) is 0 Å². The van der Waals surface area contributed by atoms with Crippen LogP contribution in [0.4, 0.5) is 0 Å². The number of aromatic nitrogens is 1. The fourth-order valence-corrected chi connectivity index (χ4v) is 1.82. The second-order valence-electron chi connectivity index (χ2n) is 3.09. The van der Waals surface area contributed by atoms with Crippen molar-refractivity contribution < 1.29 is 19.4 Å². The number of rotatable bonds is 5. The van der Waals surface area contributed by atoms with E-state index in [1.807, 2.05) is 0 Å². The van der Waals surface area contributed by atoms with Crippen molar-refractivity contribution >= 4 is 23.2 Å². The van der Waals surface area contributed by atoms with Gasteiger partial charge in [-0.2, -0.15) is 0 Å². The van der Waals surface area contributed by atoms with Gasteiger partial charge < -0.3 is 15.2 Å². The average Bonchev–Trinajstić information content (AvgIpc) is 2.66. The zero-order valence-corrected chi connectivity index (χ0v) is 9.71. The summed E-state index contributed by atoms with van der Waals surface area (Å²) in [6, 6.07) is -0.319. The number of nitrogens with one attached hydrogen (secondary N) is 1. The van der Waals surface area contributed by atoms with E-state index in [4.69, 9.17) is 5.11 Å². The molecule has 0 spiro atoms. The third-order valence-electron chi connectivity index (χ3n) is 1.76. The summed E-state index contributed by atoms with van der Waals surface area (Å²) in [4.78, 5) is 25.9. The molecule has 7 heteroatoms. The molecule has 0 aliphatic heterocycles. The number of methoxy groups -OCH3 is 1. The highest BCUT2D eigenvalue weighted by Crippen LogP contribution is 2.19. The van der Waals surface area contributed by atoms with E-state index < -0.39 is 5.97 Å². The van der Waals surface area contributed by atoms with Crippen molar-refractivity contribution in [2.24, 2.45) is 0 Å². The summed E-state index contributed by atoms with van der Waals surface area (Å²) in [7, 11) is 1.43. The molecule has 0 saturated heterocycles. The highest BCUT2D eigenvalue weighted by molar-refractivity contribution is 7.13. The van der Waals surface area contributed by atoms with Crippen LogP contribution in [0.15, 0.2) is 6.20 Å². The first kappa shape index (κ1) is 12.6. The van der Waals surface area contributed by atoms with E-state index in [-0.39, 0.29) is 23.4 Å². The molecular formula is C9H12N2O4S. The molecule has 2 N–H and O–H groups in total. The number of thiazole rings is 1. The fraction of sp³-hybridized carbons (Fsp3) is 0.444. The lowest BCUT2D eigenvalue weighted by atomic mass is 10.3. The van der Waals surface area contributed by atoms with Crippen molar-refractivity contribution in [2.75, 3.05) is 13.7 Å². The van der Waals surface area contributed by atoms with Gasteiger partial charge in [0.15, 0.2) is 0 Å². The smallest absolute Gasteiger partial charge is 0.347 e. The first-order valence-electron chi connectivity index (χ1n) is 4.52. The van der Waals surface area contributed by atoms with Gasteiger partial charge >= 0.3 is 5.97 Å². The second kappa shape index (κ2) is 5.57. The SMILES string of the molecule is COCC(=O)NC(C)c1ncc(C(=O)O)s1. The Hall–Kier alpha value is -1.47. The lowest BCUT2D eigenvalue weighted by Gasteiger charge is -2.10. The van der Waals surface area contributed by atoms with Gasteiger partial charge in [-0.3, -0.25) is 4.79 Å². The normalized spacial score (nSPS) is 12.1. The van der Waals surface area contributed by atoms with Crippen molar-refractivity contribution in [1.82, 2.24) is 10.3 Å². The molecule has 88 valence electrons. The van der Waals surface area contributed by atoms with E-state index in [1.165, 1.54) is 13.3 Å². The van der Waals surface area contributed by atoms with Gasteiger partial charge in [-0.15, -0.1) is 11.3 Å². The van der Waals surface area contributed by atoms with E-state index >= 15 is 0 Å². The van der Waals surface area contributed by atoms with Crippen LogP contribution in [0.25, 0.3) is 0 Å². The third kappa shape index (κ3) is 3.28. The molecule has 0 saturated carbocycles. The Labute approximate surface area is 96.3 Å². The highest BCUT2D eigenvalue weighted by atomic mass is 32.1. The van der Waals surface area contributed by atoms with Gasteiger partial charge in [0, 0.05) is 7.11 Å². The van der Waals surface area contributed by atoms with Crippen molar-refractivity contribution in [1.29, 1.82) is 0 Å². The number of nitrogens with zero attached hydrogens (tertiary/aromatic N) is 1. The Kier molecular flexibility index (Phi) is 4.39. The van der Waals surface area contributed by atoms with Gasteiger partial charge in [0.25, 0.3) is 0 Å². The van der Waals surface area contributed by atoms with Crippen molar-refractivity contribution in [3.8, 4) is 0 Å². The lowest BCUT2D eigenvalue weighted by molar-refractivity contribution is -0.125. The Morgan fingerprint density at radius 3 is 2.88 bits per heavy atom. The molecule has 0 aliphatic carbocycles. The molecule has 0 fully saturated rings. The predicted octanol–water partition coefficient (Wildman–Crippen LogP) is 0.665. The Balaban J connectivity index is 2.62. The molecule has 16 heavy (non-hydrogen) atoms. The highest BCUT2D eigenvalue weighted by Gasteiger charge is 2.15. The van der Waals surface area contributed by atoms with Gasteiger partial charge in [0.2, 0.25) is 5.91 Å². The molecule has 1 aromatic rings. The molecule has 0 bridgehead atoms. The van der Waals surface area contributed by atoms with E-state index in [2.05, 4.69) is 15.0 Å². The summed E-state index contributed by atoms with van der Waals surface area (Å²) < 4.78 is 4.66. The summed E-state index contributed by atoms with van der Waals surface area (Å²) in [6.07, 6.45) is 1.28. The number of aromatic carboxylic acids is 1. The zero-order valence-electron chi connectivity index (χ0n) is 8.89. The summed E-state index contributed by atoms with van der Waals surface area (Å²) in [6.45, 7) is 1.71. The minimum absolute atomic E-state index is 0.0263. The minimum atomic E-state index is -1.01. The number of carbonyl (C=O) groups is 2. The lowest BCUT2D eigenvalue weighted by Crippen LogP contribution is -2.29. The largest absolute Gasteiger partial charge is 0.477 e. The van der Waals surface area contributed by atoms with Gasteiger partial charge in [0.1, 0.15) is 16.5 Å². The topological polar surface area (TPSA) is 88.5 Å². The van der Waals surface area contributed by atoms with Crippen LogP contribution in [-0.2, 0) is 9.53 Å². The molecular weight excluding hydrogens is 232 g/mol. The molecule has 0 aromatic carbocycles. The van der Waals surface area contributed by atoms with Crippen LogP contribution in [0.5, 0.6) is 0 Å². The first-order valence-corrected chi connectivity index (χ1v) is 5.33. The quantitative estimate of drug-likeness (QED) is 0.794. The first-order chi connectivity index (χ1) is 7.54. The number of hydrogen-bond donors (Lipinski definition) is 2. The van der Waals surface area contributed by atoms with Gasteiger partial charge in [-0.05, 0) is 6.92 Å². The van der Waals surface area contributed by atoms with Gasteiger partial charge in [-0.25, -0.2) is 9.78 Å². The second-order valence-corrected chi connectivity index (χ2v) is 4.15. The predicted molar refractivity (Wildman–Crippen MR) is 57.5 cm³/mol. The molecule has 1 heterocycles. The van der Waals surface area contributed by atoms with Crippen molar-refractivity contribution in [3.63, 3.8) is 0 Å². The maximum Gasteiger partial charge on any atom is 0.347 e. The number of amides is 1. The number of ether oxygens (including phenoxy) is 1. The Morgan fingerprint density at radius 1 is 1.69 bits per heavy atom. The molecule has 1 atom stereocenters. The monoisotopic (exact) mass is 244 g/mol. The zero-order chi connectivity index (χ0) is 12.1. The number of hydrogen-bond acceptors (Lipinski definition) is 5. The Morgan fingerprint density at radius 2 is 2.38 bits per heavy atom. The number of carboxylic acid groups (broad SMARTS) is 1. The summed E-state index contributed by atoms with van der Waals surface area (Å²) in [5.41, 5.74) is 0. The van der Waals surface area contributed by atoms with Crippen LogP contribution in [0.3, 0.4) is 0 Å². The van der Waals surface area contributed by atoms with Crippen molar-refractivity contribution in [2.45, 2.75) is 13.0 Å². The molecule has 1 unspecified atom stereocenters. The van der Waals surface area contributed by atoms with E-state index in [1.54, 1.807) is 6.92 Å². The maximum atomic E-state index is 11.2. The molecule has 1 amide bonds. The van der Waals surface area contributed by atoms with Crippen LogP contribution in [0.1, 0.15) is 27.6 Å². The van der Waals surface area contributed by atoms with Crippen LogP contribution >= 0.6 is 11.3 Å². The number of carbonyl (C=O) groups excluding carboxylic acids is 1. The molecule has 0 radical (unpaired) electrons. The molecule has 0 aliphatic rings. The summed E-state index contributed by atoms with van der Waals surface area (Å²) in [5.74, 6) is -1.28. The van der Waals surface area contributed by atoms with Crippen LogP contribution < -0.4 is 5.32 Å². The molecule has 1 rings (SSSR count). The fourth-order valence-electron chi connectivity index (χ4n) is 1.06. The molecule has 6 nitrogen and oxygen atoms in total. The van der Waals surface area contributed by atoms with E-state index in [0.29, 0.717) is 5.01 Å². The van der Waals surface area contributed by atoms with E-state index in [9.17, 15) is 9.59 Å². The summed E-state index contributed by atoms with van der Waals surface area (Å²) in [5, 5.41) is 11.9. The summed E-state index contributed by atoms with van der Waals surface area (Å²) >= 11 is 1.04. The van der Waals surface area contributed by atoms with Gasteiger partial charge in [-0.1, -0.05) is 0 Å². The van der Waals surface area contributed by atoms with Crippen LogP contribution in [-0.4, -0.2) is 35.7 Å². The average molecular weight is 244 g/mol.